The molecule has 9 nitrogen and oxygen atoms in total. The molecule has 11 heteroatoms. The van der Waals surface area contributed by atoms with Crippen LogP contribution in [-0.4, -0.2) is 20.9 Å². The number of thiazole rings is 2. The zero-order valence-corrected chi connectivity index (χ0v) is 14.6. The molecule has 0 aliphatic heterocycles. The average molecular weight is 375 g/mol. The number of guanidine groups is 1. The highest BCUT2D eigenvalue weighted by atomic mass is 32.1. The van der Waals surface area contributed by atoms with Gasteiger partial charge >= 0.3 is 0 Å². The summed E-state index contributed by atoms with van der Waals surface area (Å²) in [7, 11) is 0. The molecule has 3 aromatic rings. The summed E-state index contributed by atoms with van der Waals surface area (Å²) in [5.41, 5.74) is 13.1. The van der Waals surface area contributed by atoms with Crippen LogP contribution in [0.4, 0.5) is 21.6 Å². The van der Waals surface area contributed by atoms with Crippen molar-refractivity contribution in [2.45, 2.75) is 6.92 Å². The Hall–Kier alpha value is -3.05. The molecule has 1 aromatic carbocycles. The van der Waals surface area contributed by atoms with Crippen molar-refractivity contribution in [1.82, 2.24) is 9.97 Å². The van der Waals surface area contributed by atoms with Crippen molar-refractivity contribution >= 4 is 50.3 Å². The molecule has 128 valence electrons. The maximum absolute atomic E-state index is 10.7. The number of anilines is 2. The van der Waals surface area contributed by atoms with E-state index < -0.39 is 4.92 Å². The number of nitrogens with one attached hydrogen (secondary N) is 1. The third kappa shape index (κ3) is 3.89. The zero-order valence-electron chi connectivity index (χ0n) is 13.0. The van der Waals surface area contributed by atoms with Crippen LogP contribution in [0.25, 0.3) is 10.6 Å². The lowest BCUT2D eigenvalue weighted by Gasteiger charge is -2.01. The van der Waals surface area contributed by atoms with Crippen molar-refractivity contribution in [1.29, 1.82) is 0 Å². The van der Waals surface area contributed by atoms with Gasteiger partial charge in [0.15, 0.2) is 11.1 Å². The van der Waals surface area contributed by atoms with Gasteiger partial charge in [0, 0.05) is 23.2 Å². The number of nitro groups is 1. The predicted molar refractivity (Wildman–Crippen MR) is 99.8 cm³/mol. The van der Waals surface area contributed by atoms with Gasteiger partial charge in [-0.3, -0.25) is 10.1 Å². The maximum Gasteiger partial charge on any atom is 0.269 e. The van der Waals surface area contributed by atoms with Crippen LogP contribution in [0.3, 0.4) is 0 Å². The Morgan fingerprint density at radius 3 is 2.64 bits per heavy atom. The van der Waals surface area contributed by atoms with Gasteiger partial charge in [-0.05, 0) is 19.1 Å². The lowest BCUT2D eigenvalue weighted by atomic mass is 10.3. The molecule has 0 atom stereocenters. The maximum atomic E-state index is 10.7. The van der Waals surface area contributed by atoms with Crippen LogP contribution < -0.4 is 16.8 Å². The second-order valence-corrected chi connectivity index (χ2v) is 6.75. The molecule has 0 saturated carbocycles. The highest BCUT2D eigenvalue weighted by Gasteiger charge is 2.13. The summed E-state index contributed by atoms with van der Waals surface area (Å²) in [4.78, 5) is 23.9. The molecule has 0 amide bonds. The fourth-order valence-corrected chi connectivity index (χ4v) is 3.72. The van der Waals surface area contributed by atoms with Crippen molar-refractivity contribution in [3.8, 4) is 10.6 Å². The number of benzene rings is 1. The van der Waals surface area contributed by atoms with E-state index in [2.05, 4.69) is 20.3 Å². The lowest BCUT2D eigenvalue weighted by molar-refractivity contribution is -0.384. The number of hydrogen-bond acceptors (Lipinski definition) is 8. The van der Waals surface area contributed by atoms with Crippen molar-refractivity contribution < 1.29 is 4.92 Å². The first-order valence-electron chi connectivity index (χ1n) is 6.97. The van der Waals surface area contributed by atoms with Crippen molar-refractivity contribution in [3.05, 3.63) is 45.5 Å². The molecular formula is C14H13N7O2S2. The van der Waals surface area contributed by atoms with Crippen LogP contribution in [0.15, 0.2) is 34.6 Å². The van der Waals surface area contributed by atoms with Crippen molar-refractivity contribution in [2.75, 3.05) is 5.32 Å². The summed E-state index contributed by atoms with van der Waals surface area (Å²) in [5, 5.41) is 16.8. The predicted octanol–water partition coefficient (Wildman–Crippen LogP) is 3.13. The molecule has 0 radical (unpaired) electrons. The van der Waals surface area contributed by atoms with Gasteiger partial charge in [-0.15, -0.1) is 11.3 Å². The molecule has 0 spiro atoms. The smallest absolute Gasteiger partial charge is 0.269 e. The van der Waals surface area contributed by atoms with E-state index in [1.807, 2.05) is 12.3 Å². The molecule has 0 unspecified atom stereocenters. The monoisotopic (exact) mass is 375 g/mol. The highest BCUT2D eigenvalue weighted by Crippen LogP contribution is 2.36. The normalized spacial score (nSPS) is 10.4. The molecule has 0 saturated heterocycles. The molecule has 5 N–H and O–H groups in total. The summed E-state index contributed by atoms with van der Waals surface area (Å²) in [6.07, 6.45) is 0. The number of aryl methyl sites for hydroxylation is 1. The molecule has 0 aliphatic rings. The fraction of sp³-hybridized carbons (Fsp3) is 0.0714. The van der Waals surface area contributed by atoms with Crippen LogP contribution in [0, 0.1) is 17.0 Å². The summed E-state index contributed by atoms with van der Waals surface area (Å²) >= 11 is 2.77. The number of aromatic nitrogens is 2. The minimum Gasteiger partial charge on any atom is -0.370 e. The molecule has 2 aromatic heterocycles. The lowest BCUT2D eigenvalue weighted by Crippen LogP contribution is -2.21. The van der Waals surface area contributed by atoms with Crippen LogP contribution in [0.5, 0.6) is 0 Å². The Morgan fingerprint density at radius 1 is 1.28 bits per heavy atom. The zero-order chi connectivity index (χ0) is 18.0. The van der Waals surface area contributed by atoms with E-state index in [-0.39, 0.29) is 11.6 Å². The van der Waals surface area contributed by atoms with Gasteiger partial charge in [0.2, 0.25) is 5.13 Å². The van der Waals surface area contributed by atoms with E-state index in [4.69, 9.17) is 11.5 Å². The van der Waals surface area contributed by atoms with Crippen LogP contribution in [0.1, 0.15) is 5.69 Å². The van der Waals surface area contributed by atoms with Crippen molar-refractivity contribution in [3.63, 3.8) is 0 Å². The third-order valence-corrected chi connectivity index (χ3v) is 4.91. The first kappa shape index (κ1) is 16.8. The Bertz CT molecular complexity index is 943. The van der Waals surface area contributed by atoms with Gasteiger partial charge in [-0.2, -0.15) is 4.99 Å². The first-order chi connectivity index (χ1) is 11.9. The SMILES string of the molecule is Cc1nc(N=C(N)N)sc1-c1csc(Nc2ccc([N+](=O)[O-])cc2)n1. The van der Waals surface area contributed by atoms with Crippen molar-refractivity contribution in [2.24, 2.45) is 16.5 Å². The molecular weight excluding hydrogens is 362 g/mol. The molecule has 3 rings (SSSR count). The van der Waals surface area contributed by atoms with E-state index in [9.17, 15) is 10.1 Å². The Morgan fingerprint density at radius 2 is 2.00 bits per heavy atom. The molecule has 0 fully saturated rings. The minimum atomic E-state index is -0.438. The number of rotatable bonds is 5. The standard InChI is InChI=1S/C14H13N7O2S2/c1-7-11(25-14(17-7)20-12(15)16)10-6-24-13(19-10)18-8-2-4-9(5-3-8)21(22)23/h2-6H,1H3,(H,18,19)(H4,15,16,17,20). The summed E-state index contributed by atoms with van der Waals surface area (Å²) in [6.45, 7) is 1.86. The number of aliphatic imine (C=N–C) groups is 1. The van der Waals surface area contributed by atoms with Crippen LogP contribution in [0.2, 0.25) is 0 Å². The second kappa shape index (κ2) is 6.83. The number of nitro benzene ring substituents is 1. The molecule has 2 heterocycles. The van der Waals surface area contributed by atoms with Gasteiger partial charge in [0.25, 0.3) is 5.69 Å². The fourth-order valence-electron chi connectivity index (χ4n) is 2.00. The number of hydrogen-bond donors (Lipinski definition) is 3. The quantitative estimate of drug-likeness (QED) is 0.269. The number of non-ortho nitro benzene ring substituents is 1. The molecule has 0 bridgehead atoms. The minimum absolute atomic E-state index is 0.0397. The van der Waals surface area contributed by atoms with Gasteiger partial charge in [0.1, 0.15) is 0 Å². The Kier molecular flexibility index (Phi) is 4.59. The van der Waals surface area contributed by atoms with Gasteiger partial charge < -0.3 is 16.8 Å². The van der Waals surface area contributed by atoms with Gasteiger partial charge in [-0.25, -0.2) is 9.97 Å². The number of nitrogens with two attached hydrogens (primary N) is 2. The summed E-state index contributed by atoms with van der Waals surface area (Å²) in [6, 6.07) is 6.14. The topological polar surface area (TPSA) is 145 Å². The van der Waals surface area contributed by atoms with E-state index in [1.165, 1.54) is 34.8 Å². The first-order valence-corrected chi connectivity index (χ1v) is 8.66. The highest BCUT2D eigenvalue weighted by molar-refractivity contribution is 7.19. The molecule has 25 heavy (non-hydrogen) atoms. The number of nitrogens with zero attached hydrogens (tertiary/aromatic N) is 4. The van der Waals surface area contributed by atoms with Gasteiger partial charge in [-0.1, -0.05) is 11.3 Å². The third-order valence-electron chi connectivity index (χ3n) is 3.08. The van der Waals surface area contributed by atoms with E-state index >= 15 is 0 Å². The van der Waals surface area contributed by atoms with Gasteiger partial charge in [0.05, 0.1) is 21.2 Å². The summed E-state index contributed by atoms with van der Waals surface area (Å²) in [5.74, 6) is -0.0425. The summed E-state index contributed by atoms with van der Waals surface area (Å²) < 4.78 is 0. The Labute approximate surface area is 150 Å². The van der Waals surface area contributed by atoms with E-state index in [0.717, 1.165) is 16.3 Å². The van der Waals surface area contributed by atoms with E-state index in [0.29, 0.717) is 16.0 Å². The average Bonchev–Trinajstić information content (AvgIpc) is 3.13. The second-order valence-electron chi connectivity index (χ2n) is 4.91. The van der Waals surface area contributed by atoms with E-state index in [1.54, 1.807) is 12.1 Å². The Balaban J connectivity index is 1.79. The largest absolute Gasteiger partial charge is 0.370 e. The molecule has 0 aliphatic carbocycles. The van der Waals surface area contributed by atoms with Crippen LogP contribution in [-0.2, 0) is 0 Å². The van der Waals surface area contributed by atoms with Crippen LogP contribution >= 0.6 is 22.7 Å².